The van der Waals surface area contributed by atoms with E-state index in [1.54, 1.807) is 37.8 Å². The molecule has 0 aromatic heterocycles. The minimum atomic E-state index is -0.455. The van der Waals surface area contributed by atoms with Crippen LogP contribution in [0.3, 0.4) is 0 Å². The van der Waals surface area contributed by atoms with Gasteiger partial charge in [-0.05, 0) is 51.0 Å². The highest BCUT2D eigenvalue weighted by Crippen LogP contribution is 2.38. The maximum Gasteiger partial charge on any atom is 0.336 e. The van der Waals surface area contributed by atoms with Gasteiger partial charge in [-0.2, -0.15) is 0 Å². The number of ether oxygens (including phenoxy) is 1. The Labute approximate surface area is 171 Å². The largest absolute Gasteiger partial charge is 0.460 e. The van der Waals surface area contributed by atoms with Crippen LogP contribution in [0, 0.1) is 12.7 Å². The standard InChI is InChI=1S/C24H26FNO3/c1-15(2)29-24(28)23-17(4)26(14-18-7-5-6-16(3)12-18)22(27)13-21(23)19-8-10-20(25)11-9-19/h5-12,15,21H,13-14H2,1-4H3/t21-/m0/s1. The lowest BCUT2D eigenvalue weighted by Gasteiger charge is -2.35. The second-order valence-electron chi connectivity index (χ2n) is 7.73. The quantitative estimate of drug-likeness (QED) is 0.678. The minimum Gasteiger partial charge on any atom is -0.460 e. The van der Waals surface area contributed by atoms with Crippen molar-refractivity contribution >= 4 is 11.9 Å². The van der Waals surface area contributed by atoms with E-state index >= 15 is 0 Å². The highest BCUT2D eigenvalue weighted by atomic mass is 19.1. The van der Waals surface area contributed by atoms with E-state index in [0.717, 1.165) is 16.7 Å². The molecule has 29 heavy (non-hydrogen) atoms. The molecule has 1 heterocycles. The van der Waals surface area contributed by atoms with Gasteiger partial charge in [-0.3, -0.25) is 4.79 Å². The fourth-order valence-corrected chi connectivity index (χ4v) is 3.72. The maximum atomic E-state index is 13.4. The molecule has 1 amide bonds. The van der Waals surface area contributed by atoms with Gasteiger partial charge >= 0.3 is 5.97 Å². The molecule has 2 aromatic rings. The summed E-state index contributed by atoms with van der Waals surface area (Å²) in [5.41, 5.74) is 3.87. The Kier molecular flexibility index (Phi) is 6.16. The van der Waals surface area contributed by atoms with Crippen LogP contribution in [-0.4, -0.2) is 22.9 Å². The Bertz CT molecular complexity index is 947. The van der Waals surface area contributed by atoms with Crippen LogP contribution in [0.25, 0.3) is 0 Å². The zero-order valence-corrected chi connectivity index (χ0v) is 17.2. The summed E-state index contributed by atoms with van der Waals surface area (Å²) >= 11 is 0. The molecule has 3 rings (SSSR count). The SMILES string of the molecule is CC1=C(C(=O)OC(C)C)[C@H](c2ccc(F)cc2)CC(=O)N1Cc1cccc(C)c1. The fourth-order valence-electron chi connectivity index (χ4n) is 3.72. The molecule has 152 valence electrons. The van der Waals surface area contributed by atoms with Crippen LogP contribution in [0.4, 0.5) is 4.39 Å². The van der Waals surface area contributed by atoms with Gasteiger partial charge in [0.05, 0.1) is 18.2 Å². The molecule has 1 aliphatic heterocycles. The smallest absolute Gasteiger partial charge is 0.336 e. The highest BCUT2D eigenvalue weighted by Gasteiger charge is 2.37. The molecule has 0 bridgehead atoms. The summed E-state index contributed by atoms with van der Waals surface area (Å²) in [5.74, 6) is -1.32. The molecule has 0 saturated carbocycles. The average molecular weight is 395 g/mol. The van der Waals surface area contributed by atoms with Crippen molar-refractivity contribution in [3.63, 3.8) is 0 Å². The Morgan fingerprint density at radius 2 is 1.86 bits per heavy atom. The van der Waals surface area contributed by atoms with Gasteiger partial charge in [-0.1, -0.05) is 42.0 Å². The topological polar surface area (TPSA) is 46.6 Å². The number of hydrogen-bond donors (Lipinski definition) is 0. The van der Waals surface area contributed by atoms with Gasteiger partial charge in [0.15, 0.2) is 0 Å². The number of carbonyl (C=O) groups excluding carboxylic acids is 2. The van der Waals surface area contributed by atoms with Crippen molar-refractivity contribution < 1.29 is 18.7 Å². The van der Waals surface area contributed by atoms with Crippen molar-refractivity contribution in [1.82, 2.24) is 4.90 Å². The predicted molar refractivity (Wildman–Crippen MR) is 109 cm³/mol. The van der Waals surface area contributed by atoms with Crippen LogP contribution in [0.5, 0.6) is 0 Å². The third-order valence-electron chi connectivity index (χ3n) is 5.08. The fraction of sp³-hybridized carbons (Fsp3) is 0.333. The molecular formula is C24H26FNO3. The summed E-state index contributed by atoms with van der Waals surface area (Å²) in [7, 11) is 0. The molecule has 0 saturated heterocycles. The monoisotopic (exact) mass is 395 g/mol. The number of halogens is 1. The third-order valence-corrected chi connectivity index (χ3v) is 5.08. The number of carbonyl (C=O) groups is 2. The lowest BCUT2D eigenvalue weighted by atomic mass is 9.83. The summed E-state index contributed by atoms with van der Waals surface area (Å²) in [6, 6.07) is 13.9. The van der Waals surface area contributed by atoms with E-state index in [-0.39, 0.29) is 24.2 Å². The second-order valence-corrected chi connectivity index (χ2v) is 7.73. The second kappa shape index (κ2) is 8.60. The number of aryl methyl sites for hydroxylation is 1. The van der Waals surface area contributed by atoms with Crippen molar-refractivity contribution in [2.45, 2.75) is 52.7 Å². The molecule has 4 nitrogen and oxygen atoms in total. The molecule has 5 heteroatoms. The zero-order chi connectivity index (χ0) is 21.1. The third kappa shape index (κ3) is 4.73. The Morgan fingerprint density at radius 1 is 1.17 bits per heavy atom. The first-order chi connectivity index (χ1) is 13.8. The lowest BCUT2D eigenvalue weighted by molar-refractivity contribution is -0.143. The number of rotatable bonds is 5. The van der Waals surface area contributed by atoms with Gasteiger partial charge in [-0.15, -0.1) is 0 Å². The normalized spacial score (nSPS) is 17.1. The van der Waals surface area contributed by atoms with Crippen LogP contribution in [0.1, 0.15) is 49.8 Å². The van der Waals surface area contributed by atoms with Crippen LogP contribution in [0.15, 0.2) is 59.8 Å². The van der Waals surface area contributed by atoms with Crippen molar-refractivity contribution in [3.05, 3.63) is 82.3 Å². The molecule has 0 unspecified atom stereocenters. The first-order valence-corrected chi connectivity index (χ1v) is 9.79. The summed E-state index contributed by atoms with van der Waals surface area (Å²) in [5, 5.41) is 0. The number of benzene rings is 2. The summed E-state index contributed by atoms with van der Waals surface area (Å²) in [4.78, 5) is 27.6. The van der Waals surface area contributed by atoms with E-state index in [1.807, 2.05) is 31.2 Å². The molecule has 0 fully saturated rings. The van der Waals surface area contributed by atoms with E-state index in [2.05, 4.69) is 0 Å². The van der Waals surface area contributed by atoms with Crippen LogP contribution < -0.4 is 0 Å². The number of esters is 1. The van der Waals surface area contributed by atoms with Crippen molar-refractivity contribution in [3.8, 4) is 0 Å². The molecule has 0 radical (unpaired) electrons. The Morgan fingerprint density at radius 3 is 2.48 bits per heavy atom. The van der Waals surface area contributed by atoms with Gasteiger partial charge in [0, 0.05) is 18.0 Å². The predicted octanol–water partition coefficient (Wildman–Crippen LogP) is 4.88. The number of amides is 1. The van der Waals surface area contributed by atoms with Gasteiger partial charge in [0.25, 0.3) is 0 Å². The van der Waals surface area contributed by atoms with Gasteiger partial charge < -0.3 is 9.64 Å². The molecule has 0 spiro atoms. The van der Waals surface area contributed by atoms with E-state index < -0.39 is 11.9 Å². The van der Waals surface area contributed by atoms with E-state index in [4.69, 9.17) is 4.74 Å². The number of nitrogens with zero attached hydrogens (tertiary/aromatic N) is 1. The first-order valence-electron chi connectivity index (χ1n) is 9.79. The van der Waals surface area contributed by atoms with Gasteiger partial charge in [0.1, 0.15) is 5.82 Å². The minimum absolute atomic E-state index is 0.0700. The number of hydrogen-bond acceptors (Lipinski definition) is 3. The summed E-state index contributed by atoms with van der Waals surface area (Å²) < 4.78 is 18.9. The maximum absolute atomic E-state index is 13.4. The molecule has 1 aliphatic rings. The van der Waals surface area contributed by atoms with Gasteiger partial charge in [-0.25, -0.2) is 9.18 Å². The van der Waals surface area contributed by atoms with E-state index in [9.17, 15) is 14.0 Å². The Balaban J connectivity index is 2.03. The van der Waals surface area contributed by atoms with Crippen LogP contribution >= 0.6 is 0 Å². The summed E-state index contributed by atoms with van der Waals surface area (Å²) in [6.07, 6.45) is -0.142. The van der Waals surface area contributed by atoms with Crippen molar-refractivity contribution in [2.24, 2.45) is 0 Å². The summed E-state index contributed by atoms with van der Waals surface area (Å²) in [6.45, 7) is 7.75. The Hall–Kier alpha value is -2.95. The zero-order valence-electron chi connectivity index (χ0n) is 17.2. The van der Waals surface area contributed by atoms with E-state index in [0.29, 0.717) is 17.8 Å². The molecule has 0 N–H and O–H groups in total. The van der Waals surface area contributed by atoms with Gasteiger partial charge in [0.2, 0.25) is 5.91 Å². The first kappa shape index (κ1) is 20.8. The van der Waals surface area contributed by atoms with Crippen molar-refractivity contribution in [2.75, 3.05) is 0 Å². The van der Waals surface area contributed by atoms with Crippen LogP contribution in [0.2, 0.25) is 0 Å². The van der Waals surface area contributed by atoms with Crippen molar-refractivity contribution in [1.29, 1.82) is 0 Å². The average Bonchev–Trinajstić information content (AvgIpc) is 2.64. The lowest BCUT2D eigenvalue weighted by Crippen LogP contribution is -2.38. The molecule has 1 atom stereocenters. The highest BCUT2D eigenvalue weighted by molar-refractivity contribution is 5.96. The van der Waals surface area contributed by atoms with E-state index in [1.165, 1.54) is 12.1 Å². The molecular weight excluding hydrogens is 369 g/mol. The molecule has 0 aliphatic carbocycles. The van der Waals surface area contributed by atoms with Crippen LogP contribution in [-0.2, 0) is 20.9 Å². The number of allylic oxidation sites excluding steroid dienone is 1. The molecule has 2 aromatic carbocycles.